The molecule has 1 aliphatic rings. The Balaban J connectivity index is 1.49. The number of hydrogen-bond acceptors (Lipinski definition) is 10. The number of carbonyl (C=O) groups is 3. The van der Waals surface area contributed by atoms with E-state index in [0.29, 0.717) is 44.4 Å². The Bertz CT molecular complexity index is 1420. The van der Waals surface area contributed by atoms with Gasteiger partial charge in [-0.05, 0) is 38.0 Å². The molecule has 1 saturated heterocycles. The molecule has 1 aliphatic heterocycles. The molecule has 10 nitrogen and oxygen atoms in total. The van der Waals surface area contributed by atoms with Gasteiger partial charge in [0.1, 0.15) is 23.9 Å². The fourth-order valence-electron chi connectivity index (χ4n) is 4.15. The van der Waals surface area contributed by atoms with Gasteiger partial charge in [-0.1, -0.05) is 11.3 Å². The average Bonchev–Trinajstić information content (AvgIpc) is 3.34. The number of halogens is 4. The molecule has 0 bridgehead atoms. The molecule has 218 valence electrons. The van der Waals surface area contributed by atoms with Crippen LogP contribution in [0.15, 0.2) is 30.6 Å². The largest absolute Gasteiger partial charge is 0.466 e. The molecule has 1 N–H and O–H groups in total. The number of esters is 2. The lowest BCUT2D eigenvalue weighted by Gasteiger charge is -2.31. The number of nitrogens with zero attached hydrogens (tertiary/aromatic N) is 4. The van der Waals surface area contributed by atoms with E-state index in [1.54, 1.807) is 6.92 Å². The number of rotatable bonds is 8. The van der Waals surface area contributed by atoms with Gasteiger partial charge in [-0.25, -0.2) is 19.3 Å². The van der Waals surface area contributed by atoms with Crippen LogP contribution in [0.5, 0.6) is 0 Å². The van der Waals surface area contributed by atoms with E-state index in [2.05, 4.69) is 20.3 Å². The van der Waals surface area contributed by atoms with Crippen molar-refractivity contribution >= 4 is 40.1 Å². The van der Waals surface area contributed by atoms with E-state index in [1.165, 1.54) is 12.4 Å². The van der Waals surface area contributed by atoms with Gasteiger partial charge in [0.25, 0.3) is 5.91 Å². The van der Waals surface area contributed by atoms with Crippen LogP contribution in [0, 0.1) is 11.7 Å². The van der Waals surface area contributed by atoms with Crippen molar-refractivity contribution < 1.29 is 41.4 Å². The van der Waals surface area contributed by atoms with Gasteiger partial charge in [0.05, 0.1) is 41.1 Å². The number of benzene rings is 1. The molecule has 0 aliphatic carbocycles. The molecule has 0 unspecified atom stereocenters. The second-order valence-electron chi connectivity index (χ2n) is 9.02. The van der Waals surface area contributed by atoms with E-state index in [1.807, 2.05) is 4.90 Å². The highest BCUT2D eigenvalue weighted by Crippen LogP contribution is 2.37. The average molecular weight is 596 g/mol. The van der Waals surface area contributed by atoms with Crippen molar-refractivity contribution in [1.29, 1.82) is 0 Å². The van der Waals surface area contributed by atoms with E-state index < -0.39 is 29.4 Å². The van der Waals surface area contributed by atoms with Crippen LogP contribution in [0.1, 0.15) is 47.6 Å². The van der Waals surface area contributed by atoms with Crippen LogP contribution in [0.25, 0.3) is 11.3 Å². The maximum absolute atomic E-state index is 14.1. The maximum atomic E-state index is 14.1. The van der Waals surface area contributed by atoms with Crippen LogP contribution >= 0.6 is 11.3 Å². The molecule has 3 heterocycles. The monoisotopic (exact) mass is 595 g/mol. The molecular formula is C26H25F4N5O5S. The first-order valence-corrected chi connectivity index (χ1v) is 13.3. The lowest BCUT2D eigenvalue weighted by atomic mass is 9.97. The van der Waals surface area contributed by atoms with Crippen LogP contribution in [-0.4, -0.2) is 52.5 Å². The van der Waals surface area contributed by atoms with Crippen LogP contribution in [0.2, 0.25) is 0 Å². The summed E-state index contributed by atoms with van der Waals surface area (Å²) in [6, 6.07) is 1.95. The Labute approximate surface area is 235 Å². The first-order chi connectivity index (χ1) is 19.4. The summed E-state index contributed by atoms with van der Waals surface area (Å²) in [4.78, 5) is 50.9. The number of aromatic nitrogens is 3. The lowest BCUT2D eigenvalue weighted by Crippen LogP contribution is -2.37. The molecule has 0 spiro atoms. The molecule has 3 aromatic rings. The fourth-order valence-corrected chi connectivity index (χ4v) is 5.05. The summed E-state index contributed by atoms with van der Waals surface area (Å²) in [5.74, 6) is -2.34. The number of carbonyl (C=O) groups excluding carboxylic acids is 3. The number of anilines is 2. The van der Waals surface area contributed by atoms with Gasteiger partial charge < -0.3 is 14.4 Å². The van der Waals surface area contributed by atoms with Gasteiger partial charge in [-0.3, -0.25) is 19.7 Å². The number of hydrogen-bond donors (Lipinski definition) is 1. The minimum Gasteiger partial charge on any atom is -0.466 e. The highest BCUT2D eigenvalue weighted by atomic mass is 32.1. The van der Waals surface area contributed by atoms with Gasteiger partial charge >= 0.3 is 18.1 Å². The van der Waals surface area contributed by atoms with Crippen LogP contribution in [0.3, 0.4) is 0 Å². The Morgan fingerprint density at radius 1 is 1.10 bits per heavy atom. The summed E-state index contributed by atoms with van der Waals surface area (Å²) >= 11 is 0.852. The smallest absolute Gasteiger partial charge is 0.416 e. The lowest BCUT2D eigenvalue weighted by molar-refractivity contribution is -0.148. The minimum absolute atomic E-state index is 0.0307. The molecular weight excluding hydrogens is 570 g/mol. The second kappa shape index (κ2) is 12.6. The van der Waals surface area contributed by atoms with E-state index in [0.717, 1.165) is 30.4 Å². The van der Waals surface area contributed by atoms with E-state index in [4.69, 9.17) is 9.47 Å². The SMILES string of the molecule is CCOC(=O)C1CCN(c2cnc(C(=O)Nc3nc(-c4cc(F)cc(C(F)(F)F)c4)c(COC(C)=O)s3)cn2)CC1. The van der Waals surface area contributed by atoms with Crippen molar-refractivity contribution in [3.05, 3.63) is 52.5 Å². The topological polar surface area (TPSA) is 124 Å². The molecule has 0 saturated carbocycles. The maximum Gasteiger partial charge on any atom is 0.416 e. The zero-order valence-electron chi connectivity index (χ0n) is 22.0. The molecule has 0 radical (unpaired) electrons. The van der Waals surface area contributed by atoms with Crippen molar-refractivity contribution in [1.82, 2.24) is 15.0 Å². The van der Waals surface area contributed by atoms with Gasteiger partial charge in [-0.2, -0.15) is 13.2 Å². The van der Waals surface area contributed by atoms with E-state index in [-0.39, 0.29) is 45.5 Å². The first kappa shape index (κ1) is 29.8. The Hall–Kier alpha value is -4.14. The van der Waals surface area contributed by atoms with Gasteiger partial charge in [0.15, 0.2) is 5.13 Å². The predicted octanol–water partition coefficient (Wildman–Crippen LogP) is 4.85. The molecule has 2 aromatic heterocycles. The summed E-state index contributed by atoms with van der Waals surface area (Å²) in [7, 11) is 0. The van der Waals surface area contributed by atoms with Crippen molar-refractivity contribution in [2.24, 2.45) is 5.92 Å². The number of thiazole rings is 1. The molecule has 0 atom stereocenters. The zero-order valence-corrected chi connectivity index (χ0v) is 22.8. The molecule has 15 heteroatoms. The highest BCUT2D eigenvalue weighted by molar-refractivity contribution is 7.16. The van der Waals surface area contributed by atoms with Crippen LogP contribution < -0.4 is 10.2 Å². The molecule has 1 aromatic carbocycles. The van der Waals surface area contributed by atoms with Crippen molar-refractivity contribution in [3.63, 3.8) is 0 Å². The van der Waals surface area contributed by atoms with Gasteiger partial charge in [0, 0.05) is 25.6 Å². The van der Waals surface area contributed by atoms with Crippen LogP contribution in [-0.2, 0) is 31.8 Å². The third kappa shape index (κ3) is 7.54. The van der Waals surface area contributed by atoms with Crippen molar-refractivity contribution in [3.8, 4) is 11.3 Å². The number of nitrogens with one attached hydrogen (secondary N) is 1. The third-order valence-electron chi connectivity index (χ3n) is 6.13. The molecule has 1 fully saturated rings. The van der Waals surface area contributed by atoms with Gasteiger partial charge in [0.2, 0.25) is 0 Å². The number of ether oxygens (including phenoxy) is 2. The van der Waals surface area contributed by atoms with Gasteiger partial charge in [-0.15, -0.1) is 0 Å². The molecule has 1 amide bonds. The number of amides is 1. The Morgan fingerprint density at radius 2 is 1.83 bits per heavy atom. The van der Waals surface area contributed by atoms with Crippen molar-refractivity contribution in [2.45, 2.75) is 39.5 Å². The summed E-state index contributed by atoms with van der Waals surface area (Å²) in [5.41, 5.74) is -1.56. The minimum atomic E-state index is -4.80. The summed E-state index contributed by atoms with van der Waals surface area (Å²) in [5, 5.41) is 2.48. The second-order valence-corrected chi connectivity index (χ2v) is 10.1. The Kier molecular flexibility index (Phi) is 9.15. The normalized spacial score (nSPS) is 14.0. The predicted molar refractivity (Wildman–Crippen MR) is 140 cm³/mol. The standard InChI is InChI=1S/C26H25F4N5O5S/c1-3-39-24(38)15-4-6-35(7-5-15)21-12-31-19(11-32-21)23(37)34-25-33-22(20(41-25)13-40-14(2)36)16-8-17(26(28,29)30)10-18(27)9-16/h8-12,15H,3-7,13H2,1-2H3,(H,33,34,37). The number of alkyl halides is 3. The highest BCUT2D eigenvalue weighted by Gasteiger charge is 2.32. The summed E-state index contributed by atoms with van der Waals surface area (Å²) in [6.07, 6.45) is -0.925. The van der Waals surface area contributed by atoms with Crippen molar-refractivity contribution in [2.75, 3.05) is 29.9 Å². The molecule has 41 heavy (non-hydrogen) atoms. The molecule has 4 rings (SSSR count). The summed E-state index contributed by atoms with van der Waals surface area (Å²) in [6.45, 7) is 4.01. The van der Waals surface area contributed by atoms with E-state index >= 15 is 0 Å². The van der Waals surface area contributed by atoms with E-state index in [9.17, 15) is 31.9 Å². The first-order valence-electron chi connectivity index (χ1n) is 12.5. The third-order valence-corrected chi connectivity index (χ3v) is 7.08. The fraction of sp³-hybridized carbons (Fsp3) is 0.385. The zero-order chi connectivity index (χ0) is 29.7. The summed E-state index contributed by atoms with van der Waals surface area (Å²) < 4.78 is 63.9. The Morgan fingerprint density at radius 3 is 2.44 bits per heavy atom. The number of piperidine rings is 1. The quantitative estimate of drug-likeness (QED) is 0.287. The van der Waals surface area contributed by atoms with Crippen LogP contribution in [0.4, 0.5) is 28.5 Å².